The van der Waals surface area contributed by atoms with Crippen molar-refractivity contribution < 1.29 is 0 Å². The van der Waals surface area contributed by atoms with E-state index in [0.29, 0.717) is 22.4 Å². The summed E-state index contributed by atoms with van der Waals surface area (Å²) < 4.78 is 1.41. The second kappa shape index (κ2) is 4.76. The molecule has 0 aliphatic carbocycles. The minimum Gasteiger partial charge on any atom is -0.368 e. The maximum Gasteiger partial charge on any atom is 0.222 e. The fourth-order valence-electron chi connectivity index (χ4n) is 1.18. The molecule has 2 heterocycles. The Bertz CT molecular complexity index is 520. The van der Waals surface area contributed by atoms with Crippen LogP contribution >= 0.6 is 23.4 Å². The lowest BCUT2D eigenvalue weighted by molar-refractivity contribution is 0.795. The van der Waals surface area contributed by atoms with Gasteiger partial charge in [-0.1, -0.05) is 18.5 Å². The van der Waals surface area contributed by atoms with Crippen molar-refractivity contribution >= 4 is 29.3 Å². The van der Waals surface area contributed by atoms with Crippen LogP contribution < -0.4 is 11.6 Å². The molecule has 9 heteroatoms. The predicted molar refractivity (Wildman–Crippen MR) is 65.1 cm³/mol. The number of hydrogen-bond acceptors (Lipinski definition) is 7. The van der Waals surface area contributed by atoms with Gasteiger partial charge in [0, 0.05) is 12.5 Å². The van der Waals surface area contributed by atoms with Gasteiger partial charge in [-0.05, 0) is 11.8 Å². The summed E-state index contributed by atoms with van der Waals surface area (Å²) in [5, 5.41) is 9.26. The molecule has 0 saturated heterocycles. The van der Waals surface area contributed by atoms with Gasteiger partial charge in [0.1, 0.15) is 10.2 Å². The molecule has 2 rings (SSSR count). The van der Waals surface area contributed by atoms with E-state index in [4.69, 9.17) is 23.2 Å². The Labute approximate surface area is 107 Å². The Hall–Kier alpha value is -1.54. The van der Waals surface area contributed by atoms with Crippen molar-refractivity contribution in [2.75, 3.05) is 11.6 Å². The Morgan fingerprint density at radius 1 is 1.41 bits per heavy atom. The maximum atomic E-state index is 5.80. The normalized spacial score (nSPS) is 10.7. The summed E-state index contributed by atoms with van der Waals surface area (Å²) in [4.78, 5) is 7.78. The van der Waals surface area contributed by atoms with E-state index >= 15 is 0 Å². The average Bonchev–Trinajstić information content (AvgIpc) is 2.58. The SMILES string of the molecule is CCc1nnc(Sc2cc(Cl)nc(N)n2)n1N. The number of rotatable bonds is 3. The first-order chi connectivity index (χ1) is 8.10. The van der Waals surface area contributed by atoms with Crippen molar-refractivity contribution in [2.24, 2.45) is 0 Å². The smallest absolute Gasteiger partial charge is 0.222 e. The molecule has 0 fully saturated rings. The van der Waals surface area contributed by atoms with Gasteiger partial charge in [0.05, 0.1) is 0 Å². The minimum atomic E-state index is 0.110. The van der Waals surface area contributed by atoms with Crippen molar-refractivity contribution in [1.82, 2.24) is 24.8 Å². The number of anilines is 1. The lowest BCUT2D eigenvalue weighted by atomic mass is 10.5. The Balaban J connectivity index is 2.28. The fraction of sp³-hybridized carbons (Fsp3) is 0.250. The molecule has 0 aromatic carbocycles. The number of nitrogens with zero attached hydrogens (tertiary/aromatic N) is 5. The first-order valence-corrected chi connectivity index (χ1v) is 5.97. The lowest BCUT2D eigenvalue weighted by Crippen LogP contribution is -2.13. The molecule has 4 N–H and O–H groups in total. The van der Waals surface area contributed by atoms with Gasteiger partial charge in [0.2, 0.25) is 11.1 Å². The van der Waals surface area contributed by atoms with Crippen LogP contribution in [0.25, 0.3) is 0 Å². The first-order valence-electron chi connectivity index (χ1n) is 4.77. The molecule has 0 atom stereocenters. The molecule has 0 aliphatic rings. The zero-order chi connectivity index (χ0) is 12.4. The highest BCUT2D eigenvalue weighted by molar-refractivity contribution is 7.99. The van der Waals surface area contributed by atoms with Crippen molar-refractivity contribution in [1.29, 1.82) is 0 Å². The summed E-state index contributed by atoms with van der Waals surface area (Å²) in [7, 11) is 0. The Morgan fingerprint density at radius 3 is 2.76 bits per heavy atom. The summed E-state index contributed by atoms with van der Waals surface area (Å²) >= 11 is 7.00. The molecule has 2 aromatic rings. The van der Waals surface area contributed by atoms with Crippen LogP contribution in [0.15, 0.2) is 16.2 Å². The molecule has 7 nitrogen and oxygen atoms in total. The molecule has 0 bridgehead atoms. The topological polar surface area (TPSA) is 109 Å². The Kier molecular flexibility index (Phi) is 3.34. The summed E-state index contributed by atoms with van der Waals surface area (Å²) in [6.45, 7) is 1.95. The van der Waals surface area contributed by atoms with Gasteiger partial charge in [0.25, 0.3) is 0 Å². The number of aromatic nitrogens is 5. The standard InChI is InChI=1S/C8H10ClN7S/c1-2-5-14-15-8(16(5)11)17-6-3-4(9)12-7(10)13-6/h3H,2,11H2,1H3,(H2,10,12,13). The number of nitrogens with two attached hydrogens (primary N) is 2. The third-order valence-electron chi connectivity index (χ3n) is 1.94. The number of hydrogen-bond donors (Lipinski definition) is 2. The van der Waals surface area contributed by atoms with Crippen molar-refractivity contribution in [3.05, 3.63) is 17.0 Å². The van der Waals surface area contributed by atoms with E-state index < -0.39 is 0 Å². The number of aryl methyl sites for hydroxylation is 1. The average molecular weight is 272 g/mol. The second-order valence-electron chi connectivity index (χ2n) is 3.11. The number of nitrogen functional groups attached to an aromatic ring is 2. The third kappa shape index (κ3) is 2.59. The molecular formula is C8H10ClN7S. The molecule has 0 spiro atoms. The van der Waals surface area contributed by atoms with Gasteiger partial charge >= 0.3 is 0 Å². The summed E-state index contributed by atoms with van der Waals surface area (Å²) in [5.41, 5.74) is 5.49. The highest BCUT2D eigenvalue weighted by atomic mass is 35.5. The number of halogens is 1. The van der Waals surface area contributed by atoms with Crippen LogP contribution in [0.3, 0.4) is 0 Å². The molecule has 0 aliphatic heterocycles. The first kappa shape index (κ1) is 11.9. The third-order valence-corrected chi connectivity index (χ3v) is 3.01. The fourth-order valence-corrected chi connectivity index (χ4v) is 2.21. The van der Waals surface area contributed by atoms with Crippen LogP contribution in [0, 0.1) is 0 Å². The largest absolute Gasteiger partial charge is 0.368 e. The zero-order valence-corrected chi connectivity index (χ0v) is 10.5. The van der Waals surface area contributed by atoms with Crippen molar-refractivity contribution in [3.8, 4) is 0 Å². The van der Waals surface area contributed by atoms with Crippen LogP contribution in [-0.4, -0.2) is 24.8 Å². The van der Waals surface area contributed by atoms with Gasteiger partial charge in [-0.15, -0.1) is 10.2 Å². The second-order valence-corrected chi connectivity index (χ2v) is 4.49. The molecular weight excluding hydrogens is 262 g/mol. The summed E-state index contributed by atoms with van der Waals surface area (Å²) in [5.74, 6) is 6.61. The van der Waals surface area contributed by atoms with Gasteiger partial charge in [0.15, 0.2) is 5.82 Å². The van der Waals surface area contributed by atoms with E-state index in [1.807, 2.05) is 6.92 Å². The van der Waals surface area contributed by atoms with Gasteiger partial charge in [-0.25, -0.2) is 14.6 Å². The minimum absolute atomic E-state index is 0.110. The zero-order valence-electron chi connectivity index (χ0n) is 8.96. The molecule has 0 unspecified atom stereocenters. The van der Waals surface area contributed by atoms with Crippen LogP contribution in [0.4, 0.5) is 5.95 Å². The molecule has 0 saturated carbocycles. The van der Waals surface area contributed by atoms with E-state index in [1.165, 1.54) is 16.4 Å². The van der Waals surface area contributed by atoms with Crippen LogP contribution in [0.5, 0.6) is 0 Å². The van der Waals surface area contributed by atoms with Crippen LogP contribution in [0.1, 0.15) is 12.7 Å². The molecule has 2 aromatic heterocycles. The van der Waals surface area contributed by atoms with E-state index in [2.05, 4.69) is 20.2 Å². The highest BCUT2D eigenvalue weighted by Gasteiger charge is 2.11. The van der Waals surface area contributed by atoms with Crippen LogP contribution in [0.2, 0.25) is 5.15 Å². The van der Waals surface area contributed by atoms with E-state index in [0.717, 1.165) is 0 Å². The van der Waals surface area contributed by atoms with Crippen molar-refractivity contribution in [3.63, 3.8) is 0 Å². The quantitative estimate of drug-likeness (QED) is 0.626. The lowest BCUT2D eigenvalue weighted by Gasteiger charge is -2.02. The molecule has 17 heavy (non-hydrogen) atoms. The molecule has 90 valence electrons. The Morgan fingerprint density at radius 2 is 2.18 bits per heavy atom. The summed E-state index contributed by atoms with van der Waals surface area (Å²) in [6, 6.07) is 1.59. The van der Waals surface area contributed by atoms with Crippen LogP contribution in [-0.2, 0) is 6.42 Å². The predicted octanol–water partition coefficient (Wildman–Crippen LogP) is 0.731. The van der Waals surface area contributed by atoms with E-state index in [-0.39, 0.29) is 11.1 Å². The summed E-state index contributed by atoms with van der Waals surface area (Å²) in [6.07, 6.45) is 0.705. The van der Waals surface area contributed by atoms with Gasteiger partial charge in [-0.3, -0.25) is 0 Å². The van der Waals surface area contributed by atoms with Crippen molar-refractivity contribution in [2.45, 2.75) is 23.5 Å². The molecule has 0 amide bonds. The van der Waals surface area contributed by atoms with E-state index in [9.17, 15) is 0 Å². The van der Waals surface area contributed by atoms with E-state index in [1.54, 1.807) is 6.07 Å². The van der Waals surface area contributed by atoms with Gasteiger partial charge < -0.3 is 11.6 Å². The maximum absolute atomic E-state index is 5.80. The highest BCUT2D eigenvalue weighted by Crippen LogP contribution is 2.25. The monoisotopic (exact) mass is 271 g/mol. The van der Waals surface area contributed by atoms with Gasteiger partial charge in [-0.2, -0.15) is 0 Å². The molecule has 0 radical (unpaired) electrons.